The molecule has 3 heterocycles. The van der Waals surface area contributed by atoms with E-state index >= 15 is 0 Å². The van der Waals surface area contributed by atoms with Gasteiger partial charge in [0.15, 0.2) is 9.84 Å². The van der Waals surface area contributed by atoms with Crippen molar-refractivity contribution in [1.29, 1.82) is 0 Å². The molecule has 2 aliphatic heterocycles. The maximum Gasteiger partial charge on any atom is 0.387 e. The number of amides is 1. The normalized spacial score (nSPS) is 21.3. The van der Waals surface area contributed by atoms with Crippen molar-refractivity contribution in [3.05, 3.63) is 60.4 Å². The molecule has 174 valence electrons. The lowest BCUT2D eigenvalue weighted by Gasteiger charge is -2.52. The molecule has 2 aliphatic rings. The largest absolute Gasteiger partial charge is 0.434 e. The van der Waals surface area contributed by atoms with Crippen LogP contribution in [0.25, 0.3) is 11.0 Å². The van der Waals surface area contributed by atoms with Crippen LogP contribution in [0, 0.1) is 0 Å². The van der Waals surface area contributed by atoms with Crippen molar-refractivity contribution in [2.24, 2.45) is 0 Å². The topological polar surface area (TPSA) is 90.7 Å². The number of halogens is 2. The Kier molecular flexibility index (Phi) is 5.32. The molecule has 2 fully saturated rings. The number of rotatable bonds is 5. The number of alkyl halides is 2. The molecular formula is C22H21F2N3O5S. The monoisotopic (exact) mass is 477 g/mol. The molecule has 5 rings (SSSR count). The number of carbonyl (C=O) groups excluding carboxylic acids is 1. The smallest absolute Gasteiger partial charge is 0.387 e. The molecule has 0 unspecified atom stereocenters. The summed E-state index contributed by atoms with van der Waals surface area (Å²) >= 11 is 0. The molecule has 0 N–H and O–H groups in total. The molecule has 0 radical (unpaired) electrons. The molecule has 1 atom stereocenters. The Morgan fingerprint density at radius 2 is 1.91 bits per heavy atom. The predicted octanol–water partition coefficient (Wildman–Crippen LogP) is 2.35. The summed E-state index contributed by atoms with van der Waals surface area (Å²) in [6.07, 6.45) is 1.62. The average molecular weight is 477 g/mol. The van der Waals surface area contributed by atoms with E-state index in [0.29, 0.717) is 0 Å². The van der Waals surface area contributed by atoms with Gasteiger partial charge in [0, 0.05) is 6.54 Å². The van der Waals surface area contributed by atoms with Gasteiger partial charge >= 0.3 is 6.61 Å². The summed E-state index contributed by atoms with van der Waals surface area (Å²) in [5.74, 6) is -0.941. The highest BCUT2D eigenvalue weighted by Crippen LogP contribution is 2.35. The Balaban J connectivity index is 1.26. The number of nitrogens with zero attached hydrogens (tertiary/aromatic N) is 3. The molecule has 1 aromatic heterocycles. The lowest BCUT2D eigenvalue weighted by atomic mass is 9.94. The van der Waals surface area contributed by atoms with Crippen molar-refractivity contribution in [3.63, 3.8) is 0 Å². The second-order valence-electron chi connectivity index (χ2n) is 8.34. The Hall–Kier alpha value is -3.05. The summed E-state index contributed by atoms with van der Waals surface area (Å²) in [4.78, 5) is 18.5. The van der Waals surface area contributed by atoms with Crippen molar-refractivity contribution in [2.75, 3.05) is 25.4 Å². The van der Waals surface area contributed by atoms with Crippen LogP contribution in [-0.4, -0.2) is 71.7 Å². The first-order chi connectivity index (χ1) is 15.8. The fourth-order valence-electron chi connectivity index (χ4n) is 4.43. The Labute approximate surface area is 188 Å². The number of sulfone groups is 1. The molecule has 1 spiro atoms. The number of aromatic nitrogens is 2. The summed E-state index contributed by atoms with van der Waals surface area (Å²) in [5.41, 5.74) is 0.641. The number of hydrogen-bond acceptors (Lipinski definition) is 6. The van der Waals surface area contributed by atoms with Crippen LogP contribution < -0.4 is 4.74 Å². The van der Waals surface area contributed by atoms with E-state index in [1.165, 1.54) is 23.1 Å². The molecule has 3 aromatic rings. The number of hydrogen-bond donors (Lipinski definition) is 0. The first-order valence-corrected chi connectivity index (χ1v) is 12.1. The lowest BCUT2D eigenvalue weighted by Crippen LogP contribution is -2.70. The van der Waals surface area contributed by atoms with E-state index in [2.05, 4.69) is 9.72 Å². The molecule has 1 amide bonds. The molecule has 8 nitrogen and oxygen atoms in total. The van der Waals surface area contributed by atoms with Gasteiger partial charge in [-0.05, 0) is 24.3 Å². The minimum atomic E-state index is -3.51. The van der Waals surface area contributed by atoms with Crippen LogP contribution in [0.2, 0.25) is 0 Å². The van der Waals surface area contributed by atoms with Crippen LogP contribution in [0.3, 0.4) is 0 Å². The number of imidazole rings is 1. The van der Waals surface area contributed by atoms with Crippen molar-refractivity contribution in [2.45, 2.75) is 24.0 Å². The van der Waals surface area contributed by atoms with Gasteiger partial charge in [0.1, 0.15) is 16.6 Å². The van der Waals surface area contributed by atoms with Gasteiger partial charge in [0.2, 0.25) is 0 Å². The number of fused-ring (bicyclic) bond motifs is 1. The second kappa shape index (κ2) is 8.07. The van der Waals surface area contributed by atoms with Gasteiger partial charge in [-0.15, -0.1) is 0 Å². The number of ether oxygens (including phenoxy) is 2. The Morgan fingerprint density at radius 1 is 1.18 bits per heavy atom. The Bertz CT molecular complexity index is 1300. The van der Waals surface area contributed by atoms with E-state index in [-0.39, 0.29) is 43.3 Å². The van der Waals surface area contributed by atoms with Crippen molar-refractivity contribution >= 4 is 26.8 Å². The zero-order valence-corrected chi connectivity index (χ0v) is 18.2. The van der Waals surface area contributed by atoms with E-state index in [9.17, 15) is 22.0 Å². The standard InChI is InChI=1S/C22H21F2N3O5S/c23-21(24)32-19-8-4-1-5-16(19)20(28)27-11-22(12-27)13-33(29,30)15(10-31-22)9-26-14-25-17-6-2-3-7-18(17)26/h1-8,14-15,21H,9-13H2/t15-/m0/s1. The number of likely N-dealkylation sites (tertiary alicyclic amines) is 1. The van der Waals surface area contributed by atoms with Crippen molar-refractivity contribution in [1.82, 2.24) is 14.5 Å². The zero-order chi connectivity index (χ0) is 23.2. The van der Waals surface area contributed by atoms with Crippen molar-refractivity contribution in [3.8, 4) is 5.75 Å². The van der Waals surface area contributed by atoms with Gasteiger partial charge < -0.3 is 18.9 Å². The summed E-state index contributed by atoms with van der Waals surface area (Å²) in [5, 5.41) is -0.731. The third-order valence-electron chi connectivity index (χ3n) is 6.05. The first-order valence-electron chi connectivity index (χ1n) is 10.3. The minimum absolute atomic E-state index is 0.00194. The average Bonchev–Trinajstić information content (AvgIpc) is 3.16. The molecule has 0 bridgehead atoms. The molecule has 0 saturated carbocycles. The zero-order valence-electron chi connectivity index (χ0n) is 17.4. The van der Waals surface area contributed by atoms with Crippen LogP contribution in [0.5, 0.6) is 5.75 Å². The molecule has 11 heteroatoms. The van der Waals surface area contributed by atoms with Gasteiger partial charge in [-0.3, -0.25) is 4.79 Å². The Morgan fingerprint density at radius 3 is 2.67 bits per heavy atom. The van der Waals surface area contributed by atoms with E-state index in [1.807, 2.05) is 24.3 Å². The van der Waals surface area contributed by atoms with Gasteiger partial charge in [-0.25, -0.2) is 13.4 Å². The van der Waals surface area contributed by atoms with Gasteiger partial charge in [0.25, 0.3) is 5.91 Å². The van der Waals surface area contributed by atoms with Gasteiger partial charge in [-0.1, -0.05) is 24.3 Å². The fourth-order valence-corrected chi connectivity index (χ4v) is 6.33. The summed E-state index contributed by atoms with van der Waals surface area (Å²) < 4.78 is 63.6. The maximum atomic E-state index is 13.1. The van der Waals surface area contributed by atoms with E-state index in [4.69, 9.17) is 4.74 Å². The number of benzene rings is 2. The quantitative estimate of drug-likeness (QED) is 0.560. The number of carbonyl (C=O) groups is 1. The highest BCUT2D eigenvalue weighted by atomic mass is 32.2. The minimum Gasteiger partial charge on any atom is -0.434 e. The SMILES string of the molecule is O=C(c1ccccc1OC(F)F)N1CC2(C1)CS(=O)(=O)[C@@H](Cn1cnc3ccccc31)CO2. The summed E-state index contributed by atoms with van der Waals surface area (Å²) in [6.45, 7) is -2.70. The molecule has 33 heavy (non-hydrogen) atoms. The summed E-state index contributed by atoms with van der Waals surface area (Å²) in [6, 6.07) is 13.2. The van der Waals surface area contributed by atoms with Crippen LogP contribution in [0.15, 0.2) is 54.9 Å². The van der Waals surface area contributed by atoms with Crippen LogP contribution in [-0.2, 0) is 21.1 Å². The molecule has 0 aliphatic carbocycles. The van der Waals surface area contributed by atoms with E-state index in [0.717, 1.165) is 11.0 Å². The highest BCUT2D eigenvalue weighted by Gasteiger charge is 2.54. The summed E-state index contributed by atoms with van der Waals surface area (Å²) in [7, 11) is -3.51. The highest BCUT2D eigenvalue weighted by molar-refractivity contribution is 7.92. The van der Waals surface area contributed by atoms with Crippen molar-refractivity contribution < 1.29 is 31.5 Å². The fraction of sp³-hybridized carbons (Fsp3) is 0.364. The third-order valence-corrected chi connectivity index (χ3v) is 8.28. The van der Waals surface area contributed by atoms with E-state index in [1.54, 1.807) is 17.0 Å². The molecule has 2 saturated heterocycles. The molecule has 2 aromatic carbocycles. The van der Waals surface area contributed by atoms with E-state index < -0.39 is 33.2 Å². The maximum absolute atomic E-state index is 13.1. The third kappa shape index (κ3) is 4.06. The predicted molar refractivity (Wildman–Crippen MR) is 115 cm³/mol. The van der Waals surface area contributed by atoms with Gasteiger partial charge in [0.05, 0.1) is 48.4 Å². The van der Waals surface area contributed by atoms with Crippen LogP contribution in [0.4, 0.5) is 8.78 Å². The lowest BCUT2D eigenvalue weighted by molar-refractivity contribution is -0.121. The van der Waals surface area contributed by atoms with Crippen LogP contribution in [0.1, 0.15) is 10.4 Å². The van der Waals surface area contributed by atoms with Crippen LogP contribution >= 0.6 is 0 Å². The van der Waals surface area contributed by atoms with Gasteiger partial charge in [-0.2, -0.15) is 8.78 Å². The second-order valence-corrected chi connectivity index (χ2v) is 10.6. The first kappa shape index (κ1) is 21.8. The molecular weight excluding hydrogens is 456 g/mol. The number of para-hydroxylation sites is 3.